The third-order valence-corrected chi connectivity index (χ3v) is 1.98. The van der Waals surface area contributed by atoms with E-state index in [1.54, 1.807) is 0 Å². The molecule has 0 fully saturated rings. The SMILES string of the molecule is CC(=O)Cl.COC(=O)c1cc([N+](=O)[O-])c(O)cc1Cl. The number of methoxy groups -OCH3 is 1. The number of carbonyl (C=O) groups is 2. The van der Waals surface area contributed by atoms with Gasteiger partial charge in [-0.1, -0.05) is 11.6 Å². The van der Waals surface area contributed by atoms with Gasteiger partial charge in [0.1, 0.15) is 0 Å². The Bertz CT molecular complexity index is 513. The van der Waals surface area contributed by atoms with E-state index in [0.29, 0.717) is 0 Å². The second-order valence-corrected chi connectivity index (χ2v) is 3.98. The van der Waals surface area contributed by atoms with Crippen LogP contribution in [0.4, 0.5) is 5.69 Å². The molecule has 1 N–H and O–H groups in total. The molecule has 1 aromatic rings. The molecule has 0 bridgehead atoms. The molecule has 0 aliphatic carbocycles. The fourth-order valence-electron chi connectivity index (χ4n) is 0.964. The highest BCUT2D eigenvalue weighted by Crippen LogP contribution is 2.32. The topological polar surface area (TPSA) is 107 Å². The van der Waals surface area contributed by atoms with Crippen LogP contribution in [0, 0.1) is 10.1 Å². The van der Waals surface area contributed by atoms with Crippen LogP contribution in [0.2, 0.25) is 5.02 Å². The Kier molecular flexibility index (Phi) is 6.81. The number of phenolic OH excluding ortho intramolecular Hbond substituents is 1. The molecule has 1 aromatic carbocycles. The Morgan fingerprint density at radius 1 is 1.42 bits per heavy atom. The summed E-state index contributed by atoms with van der Waals surface area (Å²) in [6, 6.07) is 1.79. The number of nitrogens with zero attached hydrogens (tertiary/aromatic N) is 1. The lowest BCUT2D eigenvalue weighted by Gasteiger charge is -2.03. The number of esters is 1. The van der Waals surface area contributed by atoms with E-state index in [0.717, 1.165) is 19.2 Å². The zero-order valence-corrected chi connectivity index (χ0v) is 11.4. The summed E-state index contributed by atoms with van der Waals surface area (Å²) in [5.74, 6) is -1.40. The van der Waals surface area contributed by atoms with Gasteiger partial charge in [-0.05, 0) is 11.6 Å². The summed E-state index contributed by atoms with van der Waals surface area (Å²) in [5.41, 5.74) is -0.761. The van der Waals surface area contributed by atoms with Gasteiger partial charge < -0.3 is 9.84 Å². The number of rotatable bonds is 2. The highest BCUT2D eigenvalue weighted by atomic mass is 35.5. The molecule has 7 nitrogen and oxygen atoms in total. The number of halogens is 2. The number of phenols is 1. The number of aromatic hydroxyl groups is 1. The number of ether oxygens (including phenoxy) is 1. The van der Waals surface area contributed by atoms with Crippen LogP contribution in [0.3, 0.4) is 0 Å². The molecule has 0 aliphatic heterocycles. The average molecular weight is 310 g/mol. The van der Waals surface area contributed by atoms with Gasteiger partial charge in [0.25, 0.3) is 0 Å². The smallest absolute Gasteiger partial charge is 0.339 e. The monoisotopic (exact) mass is 309 g/mol. The van der Waals surface area contributed by atoms with Gasteiger partial charge in [-0.3, -0.25) is 14.9 Å². The first-order valence-corrected chi connectivity index (χ1v) is 5.37. The van der Waals surface area contributed by atoms with Gasteiger partial charge in [-0.15, -0.1) is 0 Å². The Morgan fingerprint density at radius 2 is 1.89 bits per heavy atom. The third kappa shape index (κ3) is 5.54. The Balaban J connectivity index is 0.000000711. The normalized spacial score (nSPS) is 9.05. The van der Waals surface area contributed by atoms with E-state index in [1.807, 2.05) is 0 Å². The highest BCUT2D eigenvalue weighted by Gasteiger charge is 2.20. The summed E-state index contributed by atoms with van der Waals surface area (Å²) >= 11 is 10.2. The largest absolute Gasteiger partial charge is 0.502 e. The van der Waals surface area contributed by atoms with Crippen LogP contribution in [0.1, 0.15) is 17.3 Å². The first-order chi connectivity index (χ1) is 8.70. The first kappa shape index (κ1) is 17.1. The molecule has 0 amide bonds. The quantitative estimate of drug-likeness (QED) is 0.389. The molecule has 1 rings (SSSR count). The van der Waals surface area contributed by atoms with Gasteiger partial charge in [0.15, 0.2) is 5.75 Å². The molecular weight excluding hydrogens is 301 g/mol. The van der Waals surface area contributed by atoms with Crippen LogP contribution in [0.15, 0.2) is 12.1 Å². The number of carbonyl (C=O) groups excluding carboxylic acids is 2. The summed E-state index contributed by atoms with van der Waals surface area (Å²) in [6.07, 6.45) is 0. The van der Waals surface area contributed by atoms with Crippen LogP contribution in [0.5, 0.6) is 5.75 Å². The minimum atomic E-state index is -0.821. The van der Waals surface area contributed by atoms with Crippen molar-refractivity contribution in [2.24, 2.45) is 0 Å². The van der Waals surface area contributed by atoms with Crippen LogP contribution >= 0.6 is 23.2 Å². The Morgan fingerprint density at radius 3 is 2.26 bits per heavy atom. The maximum atomic E-state index is 11.1. The minimum absolute atomic E-state index is 0.107. The molecule has 9 heteroatoms. The maximum absolute atomic E-state index is 11.1. The zero-order valence-electron chi connectivity index (χ0n) is 9.85. The molecule has 0 saturated carbocycles. The second kappa shape index (κ2) is 7.55. The van der Waals surface area contributed by atoms with Gasteiger partial charge in [0, 0.05) is 19.1 Å². The molecule has 0 spiro atoms. The summed E-state index contributed by atoms with van der Waals surface area (Å²) in [6.45, 7) is 1.29. The van der Waals surface area contributed by atoms with Crippen molar-refractivity contribution in [3.63, 3.8) is 0 Å². The molecule has 19 heavy (non-hydrogen) atoms. The molecular formula is C10H9Cl2NO6. The zero-order chi connectivity index (χ0) is 15.2. The molecule has 0 heterocycles. The van der Waals surface area contributed by atoms with E-state index in [2.05, 4.69) is 16.3 Å². The predicted octanol–water partition coefficient (Wildman–Crippen LogP) is 2.51. The van der Waals surface area contributed by atoms with Gasteiger partial charge in [-0.2, -0.15) is 0 Å². The lowest BCUT2D eigenvalue weighted by Crippen LogP contribution is -2.03. The number of hydrogen-bond acceptors (Lipinski definition) is 6. The second-order valence-electron chi connectivity index (χ2n) is 3.04. The van der Waals surface area contributed by atoms with Crippen molar-refractivity contribution >= 4 is 40.1 Å². The van der Waals surface area contributed by atoms with Crippen molar-refractivity contribution in [2.75, 3.05) is 7.11 Å². The standard InChI is InChI=1S/C8H6ClNO5.C2H3ClO/c1-15-8(12)4-2-6(10(13)14)7(11)3-5(4)9;1-2(3)4/h2-3,11H,1H3;1H3. The van der Waals surface area contributed by atoms with E-state index in [1.165, 1.54) is 6.92 Å². The fourth-order valence-corrected chi connectivity index (χ4v) is 1.20. The van der Waals surface area contributed by atoms with Crippen LogP contribution < -0.4 is 0 Å². The molecule has 0 aliphatic rings. The van der Waals surface area contributed by atoms with E-state index in [4.69, 9.17) is 16.7 Å². The highest BCUT2D eigenvalue weighted by molar-refractivity contribution is 6.62. The van der Waals surface area contributed by atoms with Crippen molar-refractivity contribution in [2.45, 2.75) is 6.92 Å². The Hall–Kier alpha value is -1.86. The van der Waals surface area contributed by atoms with Crippen molar-refractivity contribution < 1.29 is 24.4 Å². The van der Waals surface area contributed by atoms with Crippen LogP contribution in [-0.4, -0.2) is 28.4 Å². The lowest BCUT2D eigenvalue weighted by molar-refractivity contribution is -0.385. The number of benzene rings is 1. The molecule has 0 radical (unpaired) electrons. The average Bonchev–Trinajstić information content (AvgIpc) is 2.26. The molecule has 0 saturated heterocycles. The van der Waals surface area contributed by atoms with Crippen molar-refractivity contribution in [1.82, 2.24) is 0 Å². The lowest BCUT2D eigenvalue weighted by atomic mass is 10.2. The maximum Gasteiger partial charge on any atom is 0.339 e. The minimum Gasteiger partial charge on any atom is -0.502 e. The van der Waals surface area contributed by atoms with Gasteiger partial charge in [0.05, 0.1) is 22.6 Å². The van der Waals surface area contributed by atoms with Crippen molar-refractivity contribution in [1.29, 1.82) is 0 Å². The molecule has 104 valence electrons. The van der Waals surface area contributed by atoms with Crippen LogP contribution in [-0.2, 0) is 9.53 Å². The van der Waals surface area contributed by atoms with Crippen molar-refractivity contribution in [3.8, 4) is 5.75 Å². The molecule has 0 unspecified atom stereocenters. The van der Waals surface area contributed by atoms with Crippen molar-refractivity contribution in [3.05, 3.63) is 32.8 Å². The van der Waals surface area contributed by atoms with E-state index in [9.17, 15) is 19.7 Å². The molecule has 0 atom stereocenters. The van der Waals surface area contributed by atoms with Gasteiger partial charge in [0.2, 0.25) is 5.24 Å². The summed E-state index contributed by atoms with van der Waals surface area (Å²) in [5, 5.41) is 19.1. The Labute approximate surface area is 117 Å². The van der Waals surface area contributed by atoms with E-state index in [-0.39, 0.29) is 15.8 Å². The van der Waals surface area contributed by atoms with E-state index < -0.39 is 22.3 Å². The van der Waals surface area contributed by atoms with Gasteiger partial charge in [-0.25, -0.2) is 4.79 Å². The van der Waals surface area contributed by atoms with E-state index >= 15 is 0 Å². The number of nitro groups is 1. The fraction of sp³-hybridized carbons (Fsp3) is 0.200. The predicted molar refractivity (Wildman–Crippen MR) is 67.6 cm³/mol. The third-order valence-electron chi connectivity index (χ3n) is 1.67. The number of hydrogen-bond donors (Lipinski definition) is 1. The number of nitro benzene ring substituents is 1. The summed E-state index contributed by atoms with van der Waals surface area (Å²) in [7, 11) is 1.12. The van der Waals surface area contributed by atoms with Gasteiger partial charge >= 0.3 is 11.7 Å². The summed E-state index contributed by atoms with van der Waals surface area (Å²) in [4.78, 5) is 29.9. The summed E-state index contributed by atoms with van der Waals surface area (Å²) < 4.78 is 4.36. The molecule has 0 aromatic heterocycles. The first-order valence-electron chi connectivity index (χ1n) is 4.62. The van der Waals surface area contributed by atoms with Crippen LogP contribution in [0.25, 0.3) is 0 Å².